The summed E-state index contributed by atoms with van der Waals surface area (Å²) in [7, 11) is 0. The van der Waals surface area contributed by atoms with Crippen LogP contribution in [0.5, 0.6) is 5.88 Å². The molecule has 0 saturated carbocycles. The Morgan fingerprint density at radius 1 is 1.35 bits per heavy atom. The summed E-state index contributed by atoms with van der Waals surface area (Å²) < 4.78 is 5.78. The van der Waals surface area contributed by atoms with E-state index < -0.39 is 0 Å². The summed E-state index contributed by atoms with van der Waals surface area (Å²) in [5.41, 5.74) is 0. The van der Waals surface area contributed by atoms with Gasteiger partial charge in [-0.05, 0) is 32.6 Å². The van der Waals surface area contributed by atoms with Crippen molar-refractivity contribution in [2.24, 2.45) is 11.8 Å². The molecule has 1 atom stereocenters. The Labute approximate surface area is 138 Å². The minimum absolute atomic E-state index is 0.0285. The van der Waals surface area contributed by atoms with E-state index in [2.05, 4.69) is 20.2 Å². The Kier molecular flexibility index (Phi) is 6.19. The topological polar surface area (TPSA) is 67.4 Å². The highest BCUT2D eigenvalue weighted by molar-refractivity contribution is 5.77. The molecule has 1 unspecified atom stereocenters. The van der Waals surface area contributed by atoms with Gasteiger partial charge in [0.25, 0.3) is 5.88 Å². The fraction of sp³-hybridized carbons (Fsp3) is 0.706. The summed E-state index contributed by atoms with van der Waals surface area (Å²) in [6, 6.07) is 0. The summed E-state index contributed by atoms with van der Waals surface area (Å²) in [5, 5.41) is 3.04. The molecule has 1 N–H and O–H groups in total. The van der Waals surface area contributed by atoms with Crippen molar-refractivity contribution in [1.82, 2.24) is 15.3 Å². The highest BCUT2D eigenvalue weighted by Gasteiger charge is 2.24. The van der Waals surface area contributed by atoms with Gasteiger partial charge in [0, 0.05) is 37.9 Å². The average molecular weight is 320 g/mol. The Morgan fingerprint density at radius 2 is 2.09 bits per heavy atom. The maximum Gasteiger partial charge on any atom is 0.257 e. The van der Waals surface area contributed by atoms with Crippen LogP contribution < -0.4 is 15.0 Å². The van der Waals surface area contributed by atoms with Gasteiger partial charge >= 0.3 is 0 Å². The van der Waals surface area contributed by atoms with Crippen LogP contribution in [0, 0.1) is 11.8 Å². The molecule has 0 spiro atoms. The first-order valence-corrected chi connectivity index (χ1v) is 8.47. The second kappa shape index (κ2) is 8.13. The lowest BCUT2D eigenvalue weighted by Gasteiger charge is -2.34. The van der Waals surface area contributed by atoms with E-state index in [0.717, 1.165) is 31.7 Å². The number of carbonyl (C=O) groups excluding carboxylic acids is 1. The number of rotatable bonds is 6. The number of hydrogen-bond donors (Lipinski definition) is 1. The Bertz CT molecular complexity index is 519. The first-order chi connectivity index (χ1) is 11.0. The third kappa shape index (κ3) is 5.08. The zero-order chi connectivity index (χ0) is 16.8. The number of anilines is 1. The number of ether oxygens (including phenoxy) is 1. The van der Waals surface area contributed by atoms with Crippen molar-refractivity contribution in [3.63, 3.8) is 0 Å². The van der Waals surface area contributed by atoms with Crippen LogP contribution in [-0.4, -0.2) is 41.6 Å². The van der Waals surface area contributed by atoms with Crippen molar-refractivity contribution in [3.05, 3.63) is 12.4 Å². The molecule has 0 radical (unpaired) electrons. The maximum absolute atomic E-state index is 11.7. The molecule has 23 heavy (non-hydrogen) atoms. The van der Waals surface area contributed by atoms with Crippen LogP contribution in [0.3, 0.4) is 0 Å². The van der Waals surface area contributed by atoms with Gasteiger partial charge in [0.05, 0.1) is 6.10 Å². The van der Waals surface area contributed by atoms with E-state index in [-0.39, 0.29) is 17.9 Å². The second-order valence-electron chi connectivity index (χ2n) is 6.71. The third-order valence-corrected chi connectivity index (χ3v) is 3.90. The summed E-state index contributed by atoms with van der Waals surface area (Å²) in [6.45, 7) is 10.3. The van der Waals surface area contributed by atoms with E-state index in [9.17, 15) is 4.79 Å². The lowest BCUT2D eigenvalue weighted by molar-refractivity contribution is -0.124. The zero-order valence-corrected chi connectivity index (χ0v) is 14.6. The van der Waals surface area contributed by atoms with Crippen LogP contribution in [0.1, 0.15) is 40.5 Å². The van der Waals surface area contributed by atoms with Crippen molar-refractivity contribution < 1.29 is 9.53 Å². The Balaban J connectivity index is 1.99. The molecular formula is C17H28N4O2. The summed E-state index contributed by atoms with van der Waals surface area (Å²) >= 11 is 0. The van der Waals surface area contributed by atoms with Crippen LogP contribution in [0.25, 0.3) is 0 Å². The first kappa shape index (κ1) is 17.5. The van der Waals surface area contributed by atoms with Gasteiger partial charge in [-0.1, -0.05) is 13.8 Å². The molecular weight excluding hydrogens is 292 g/mol. The normalized spacial score (nSPS) is 18.3. The van der Waals surface area contributed by atoms with Gasteiger partial charge in [-0.25, -0.2) is 9.97 Å². The monoisotopic (exact) mass is 320 g/mol. The van der Waals surface area contributed by atoms with Crippen molar-refractivity contribution in [3.8, 4) is 5.88 Å². The second-order valence-corrected chi connectivity index (χ2v) is 6.71. The lowest BCUT2D eigenvalue weighted by atomic mass is 9.97. The number of aromatic nitrogens is 2. The predicted molar refractivity (Wildman–Crippen MR) is 90.6 cm³/mol. The van der Waals surface area contributed by atoms with Crippen LogP contribution in [0.15, 0.2) is 12.4 Å². The molecule has 2 rings (SSSR count). The fourth-order valence-electron chi connectivity index (χ4n) is 2.71. The average Bonchev–Trinajstić information content (AvgIpc) is 2.52. The number of nitrogens with one attached hydrogen (secondary N) is 1. The minimum atomic E-state index is 0.0285. The molecule has 1 amide bonds. The van der Waals surface area contributed by atoms with Gasteiger partial charge in [0.2, 0.25) is 5.91 Å². The van der Waals surface area contributed by atoms with E-state index >= 15 is 0 Å². The Morgan fingerprint density at radius 3 is 2.78 bits per heavy atom. The quantitative estimate of drug-likeness (QED) is 0.871. The molecule has 0 bridgehead atoms. The molecule has 6 nitrogen and oxygen atoms in total. The van der Waals surface area contributed by atoms with E-state index in [1.54, 1.807) is 12.4 Å². The molecule has 1 fully saturated rings. The molecule has 6 heteroatoms. The predicted octanol–water partition coefficient (Wildman–Crippen LogP) is 2.25. The van der Waals surface area contributed by atoms with Crippen LogP contribution in [0.4, 0.5) is 5.82 Å². The summed E-state index contributed by atoms with van der Waals surface area (Å²) in [6.07, 6.45) is 5.63. The zero-order valence-electron chi connectivity index (χ0n) is 14.6. The summed E-state index contributed by atoms with van der Waals surface area (Å²) in [4.78, 5) is 22.8. The van der Waals surface area contributed by atoms with Gasteiger partial charge in [-0.15, -0.1) is 0 Å². The number of nitrogens with zero attached hydrogens (tertiary/aromatic N) is 3. The molecule has 128 valence electrons. The summed E-state index contributed by atoms with van der Waals surface area (Å²) in [5.74, 6) is 1.97. The molecule has 1 aromatic heterocycles. The van der Waals surface area contributed by atoms with Crippen molar-refractivity contribution >= 4 is 11.7 Å². The van der Waals surface area contributed by atoms with Crippen LogP contribution in [0.2, 0.25) is 0 Å². The molecule has 1 saturated heterocycles. The minimum Gasteiger partial charge on any atom is -0.472 e. The van der Waals surface area contributed by atoms with E-state index in [0.29, 0.717) is 18.3 Å². The smallest absolute Gasteiger partial charge is 0.257 e. The fourth-order valence-corrected chi connectivity index (χ4v) is 2.71. The van der Waals surface area contributed by atoms with E-state index in [4.69, 9.17) is 4.74 Å². The van der Waals surface area contributed by atoms with Gasteiger partial charge in [0.1, 0.15) is 0 Å². The number of amides is 1. The molecule has 1 aliphatic heterocycles. The van der Waals surface area contributed by atoms with E-state index in [1.807, 2.05) is 27.7 Å². The Hall–Kier alpha value is -1.85. The highest BCUT2D eigenvalue weighted by atomic mass is 16.5. The number of piperidine rings is 1. The van der Waals surface area contributed by atoms with Crippen LogP contribution in [-0.2, 0) is 4.79 Å². The van der Waals surface area contributed by atoms with Gasteiger partial charge in [-0.3, -0.25) is 4.79 Å². The van der Waals surface area contributed by atoms with Crippen molar-refractivity contribution in [1.29, 1.82) is 0 Å². The van der Waals surface area contributed by atoms with Crippen molar-refractivity contribution in [2.75, 3.05) is 24.5 Å². The first-order valence-electron chi connectivity index (χ1n) is 8.47. The third-order valence-electron chi connectivity index (χ3n) is 3.90. The molecule has 2 heterocycles. The highest BCUT2D eigenvalue weighted by Crippen LogP contribution is 2.28. The molecule has 1 aromatic rings. The van der Waals surface area contributed by atoms with E-state index in [1.165, 1.54) is 0 Å². The van der Waals surface area contributed by atoms with Crippen LogP contribution >= 0.6 is 0 Å². The SMILES string of the molecule is CC(C)Oc1nccnc1N1CCCC(CNC(=O)C(C)C)C1. The maximum atomic E-state index is 11.7. The van der Waals surface area contributed by atoms with Gasteiger partial charge in [-0.2, -0.15) is 0 Å². The number of carbonyl (C=O) groups is 1. The molecule has 1 aliphatic rings. The standard InChI is InChI=1S/C17H28N4O2/c1-12(2)16(22)20-10-14-6-5-9-21(11-14)15-17(23-13(3)4)19-8-7-18-15/h7-8,12-14H,5-6,9-11H2,1-4H3,(H,20,22). The molecule has 0 aliphatic carbocycles. The molecule has 0 aromatic carbocycles. The van der Waals surface area contributed by atoms with Gasteiger partial charge in [0.15, 0.2) is 5.82 Å². The number of hydrogen-bond acceptors (Lipinski definition) is 5. The lowest BCUT2D eigenvalue weighted by Crippen LogP contribution is -2.42. The van der Waals surface area contributed by atoms with Crippen molar-refractivity contribution in [2.45, 2.75) is 46.6 Å². The van der Waals surface area contributed by atoms with Gasteiger partial charge < -0.3 is 15.0 Å². The largest absolute Gasteiger partial charge is 0.472 e.